The molecule has 1 rings (SSSR count). The predicted octanol–water partition coefficient (Wildman–Crippen LogP) is 3.33. The summed E-state index contributed by atoms with van der Waals surface area (Å²) in [5, 5.41) is 13.5. The molecule has 0 radical (unpaired) electrons. The molecule has 7 heteroatoms. The van der Waals surface area contributed by atoms with Crippen molar-refractivity contribution in [3.05, 3.63) is 39.4 Å². The molecule has 0 amide bonds. The number of hydrogen-bond donors (Lipinski definition) is 1. The van der Waals surface area contributed by atoms with Crippen LogP contribution in [0.1, 0.15) is 24.5 Å². The van der Waals surface area contributed by atoms with E-state index in [-0.39, 0.29) is 12.2 Å². The zero-order valence-corrected chi connectivity index (χ0v) is 10.6. The monoisotopic (exact) mass is 276 g/mol. The van der Waals surface area contributed by atoms with E-state index in [1.165, 1.54) is 19.1 Å². The van der Waals surface area contributed by atoms with E-state index in [1.54, 1.807) is 13.0 Å². The molecule has 1 unspecified atom stereocenters. The van der Waals surface area contributed by atoms with Gasteiger partial charge in [0.05, 0.1) is 11.3 Å². The van der Waals surface area contributed by atoms with Crippen molar-refractivity contribution in [3.8, 4) is 0 Å². The molecular formula is C12H15F3N2O2. The fraction of sp³-hybridized carbons (Fsp3) is 0.500. The third-order valence-corrected chi connectivity index (χ3v) is 2.79. The average molecular weight is 276 g/mol. The number of nitrogens with one attached hydrogen (secondary N) is 1. The van der Waals surface area contributed by atoms with Crippen LogP contribution >= 0.6 is 0 Å². The van der Waals surface area contributed by atoms with E-state index in [2.05, 4.69) is 5.32 Å². The summed E-state index contributed by atoms with van der Waals surface area (Å²) in [4.78, 5) is 10.2. The van der Waals surface area contributed by atoms with E-state index in [4.69, 9.17) is 0 Å². The standard InChI is InChI=1S/C12H15F3N2O2/c1-8(6-12(13,14)15)16-7-10-4-3-5-11(9(10)2)17(18)19/h3-5,8,16H,6-7H2,1-2H3. The van der Waals surface area contributed by atoms with Crippen LogP contribution in [-0.2, 0) is 6.54 Å². The first-order chi connectivity index (χ1) is 8.70. The molecule has 0 bridgehead atoms. The summed E-state index contributed by atoms with van der Waals surface area (Å²) in [5.41, 5.74) is 1.07. The van der Waals surface area contributed by atoms with Gasteiger partial charge in [0.1, 0.15) is 0 Å². The highest BCUT2D eigenvalue weighted by Gasteiger charge is 2.29. The quantitative estimate of drug-likeness (QED) is 0.663. The Bertz CT molecular complexity index is 461. The maximum Gasteiger partial charge on any atom is 0.390 e. The van der Waals surface area contributed by atoms with Crippen molar-refractivity contribution in [2.24, 2.45) is 0 Å². The van der Waals surface area contributed by atoms with E-state index in [1.807, 2.05) is 0 Å². The normalized spacial score (nSPS) is 13.3. The molecule has 1 aromatic carbocycles. The molecule has 0 heterocycles. The minimum Gasteiger partial charge on any atom is -0.310 e. The van der Waals surface area contributed by atoms with Gasteiger partial charge in [-0.2, -0.15) is 13.2 Å². The first-order valence-electron chi connectivity index (χ1n) is 5.73. The molecule has 1 aromatic rings. The number of halogens is 3. The molecule has 19 heavy (non-hydrogen) atoms. The second kappa shape index (κ2) is 6.01. The molecule has 0 fully saturated rings. The van der Waals surface area contributed by atoms with E-state index in [9.17, 15) is 23.3 Å². The van der Waals surface area contributed by atoms with Gasteiger partial charge >= 0.3 is 6.18 Å². The molecule has 0 saturated carbocycles. The lowest BCUT2D eigenvalue weighted by Crippen LogP contribution is -2.30. The maximum atomic E-state index is 12.2. The van der Waals surface area contributed by atoms with Gasteiger partial charge in [0, 0.05) is 24.2 Å². The first-order valence-corrected chi connectivity index (χ1v) is 5.73. The highest BCUT2D eigenvalue weighted by Crippen LogP contribution is 2.23. The molecule has 0 aliphatic heterocycles. The molecule has 0 aliphatic carbocycles. The molecule has 1 atom stereocenters. The SMILES string of the molecule is Cc1c(CNC(C)CC(F)(F)F)cccc1[N+](=O)[O-]. The number of benzene rings is 1. The van der Waals surface area contributed by atoms with Crippen molar-refractivity contribution in [1.29, 1.82) is 0 Å². The van der Waals surface area contributed by atoms with Crippen molar-refractivity contribution in [2.45, 2.75) is 39.0 Å². The molecular weight excluding hydrogens is 261 g/mol. The molecule has 0 saturated heterocycles. The maximum absolute atomic E-state index is 12.2. The van der Waals surface area contributed by atoms with Gasteiger partial charge in [-0.3, -0.25) is 10.1 Å². The van der Waals surface area contributed by atoms with Crippen LogP contribution < -0.4 is 5.32 Å². The molecule has 0 aromatic heterocycles. The van der Waals surface area contributed by atoms with Gasteiger partial charge < -0.3 is 5.32 Å². The van der Waals surface area contributed by atoms with Crippen molar-refractivity contribution >= 4 is 5.69 Å². The van der Waals surface area contributed by atoms with Crippen molar-refractivity contribution < 1.29 is 18.1 Å². The lowest BCUT2D eigenvalue weighted by molar-refractivity contribution is -0.385. The third-order valence-electron chi connectivity index (χ3n) is 2.79. The summed E-state index contributed by atoms with van der Waals surface area (Å²) < 4.78 is 36.5. The van der Waals surface area contributed by atoms with E-state index < -0.39 is 23.6 Å². The molecule has 0 aliphatic rings. The number of nitrogens with zero attached hydrogens (tertiary/aromatic N) is 1. The Hall–Kier alpha value is -1.63. The highest BCUT2D eigenvalue weighted by molar-refractivity contribution is 5.44. The average Bonchev–Trinajstić information content (AvgIpc) is 2.24. The van der Waals surface area contributed by atoms with Gasteiger partial charge in [0.25, 0.3) is 5.69 Å². The number of rotatable bonds is 5. The Morgan fingerprint density at radius 3 is 2.58 bits per heavy atom. The Morgan fingerprint density at radius 2 is 2.05 bits per heavy atom. The van der Waals surface area contributed by atoms with Crippen molar-refractivity contribution in [2.75, 3.05) is 0 Å². The number of nitro benzene ring substituents is 1. The van der Waals surface area contributed by atoms with Crippen LogP contribution in [0.4, 0.5) is 18.9 Å². The third kappa shape index (κ3) is 4.86. The van der Waals surface area contributed by atoms with Gasteiger partial charge in [-0.15, -0.1) is 0 Å². The minimum atomic E-state index is -4.22. The Balaban J connectivity index is 2.68. The van der Waals surface area contributed by atoms with Gasteiger partial charge in [0.2, 0.25) is 0 Å². The molecule has 106 valence electrons. The topological polar surface area (TPSA) is 55.2 Å². The molecule has 4 nitrogen and oxygen atoms in total. The largest absolute Gasteiger partial charge is 0.390 e. The van der Waals surface area contributed by atoms with Crippen LogP contribution in [0.25, 0.3) is 0 Å². The second-order valence-electron chi connectivity index (χ2n) is 4.42. The summed E-state index contributed by atoms with van der Waals surface area (Å²) in [5.74, 6) is 0. The number of alkyl halides is 3. The number of nitro groups is 1. The first kappa shape index (κ1) is 15.4. The molecule has 0 spiro atoms. The lowest BCUT2D eigenvalue weighted by atomic mass is 10.1. The fourth-order valence-electron chi connectivity index (χ4n) is 1.76. The summed E-state index contributed by atoms with van der Waals surface area (Å²) in [6.45, 7) is 3.19. The smallest absolute Gasteiger partial charge is 0.310 e. The van der Waals surface area contributed by atoms with Gasteiger partial charge in [-0.1, -0.05) is 12.1 Å². The van der Waals surface area contributed by atoms with Crippen LogP contribution in [-0.4, -0.2) is 17.1 Å². The van der Waals surface area contributed by atoms with Crippen LogP contribution in [0.5, 0.6) is 0 Å². The summed E-state index contributed by atoms with van der Waals surface area (Å²) >= 11 is 0. The van der Waals surface area contributed by atoms with Crippen LogP contribution in [0, 0.1) is 17.0 Å². The predicted molar refractivity (Wildman–Crippen MR) is 64.8 cm³/mol. The zero-order chi connectivity index (χ0) is 14.6. The number of hydrogen-bond acceptors (Lipinski definition) is 3. The highest BCUT2D eigenvalue weighted by atomic mass is 19.4. The van der Waals surface area contributed by atoms with Crippen molar-refractivity contribution in [3.63, 3.8) is 0 Å². The van der Waals surface area contributed by atoms with Crippen LogP contribution in [0.15, 0.2) is 18.2 Å². The van der Waals surface area contributed by atoms with Crippen LogP contribution in [0.2, 0.25) is 0 Å². The fourth-order valence-corrected chi connectivity index (χ4v) is 1.76. The summed E-state index contributed by atoms with van der Waals surface area (Å²) in [7, 11) is 0. The Kier molecular flexibility index (Phi) is 4.88. The van der Waals surface area contributed by atoms with Crippen molar-refractivity contribution in [1.82, 2.24) is 5.32 Å². The zero-order valence-electron chi connectivity index (χ0n) is 10.6. The Labute approximate surface area is 108 Å². The minimum absolute atomic E-state index is 0.0252. The van der Waals surface area contributed by atoms with E-state index >= 15 is 0 Å². The summed E-state index contributed by atoms with van der Waals surface area (Å²) in [6.07, 6.45) is -5.15. The summed E-state index contributed by atoms with van der Waals surface area (Å²) in [6, 6.07) is 3.82. The van der Waals surface area contributed by atoms with Gasteiger partial charge in [0.15, 0.2) is 0 Å². The van der Waals surface area contributed by atoms with E-state index in [0.29, 0.717) is 11.1 Å². The van der Waals surface area contributed by atoms with E-state index in [0.717, 1.165) is 0 Å². The van der Waals surface area contributed by atoms with Crippen LogP contribution in [0.3, 0.4) is 0 Å². The second-order valence-corrected chi connectivity index (χ2v) is 4.42. The lowest BCUT2D eigenvalue weighted by Gasteiger charge is -2.16. The van der Waals surface area contributed by atoms with Gasteiger partial charge in [-0.25, -0.2) is 0 Å². The van der Waals surface area contributed by atoms with Gasteiger partial charge in [-0.05, 0) is 19.4 Å². The Morgan fingerprint density at radius 1 is 1.42 bits per heavy atom. The molecule has 1 N–H and O–H groups in total.